The summed E-state index contributed by atoms with van der Waals surface area (Å²) < 4.78 is 7.44. The second-order valence-corrected chi connectivity index (χ2v) is 5.06. The first-order chi connectivity index (χ1) is 9.78. The number of imidazole rings is 1. The van der Waals surface area contributed by atoms with Crippen molar-refractivity contribution in [3.8, 4) is 0 Å². The third-order valence-electron chi connectivity index (χ3n) is 3.79. The van der Waals surface area contributed by atoms with Crippen molar-refractivity contribution in [2.75, 3.05) is 0 Å². The number of nitrogens with two attached hydrogens (primary N) is 1. The molecule has 0 spiro atoms. The number of nitrogens with one attached hydrogen (secondary N) is 1. The lowest BCUT2D eigenvalue weighted by atomic mass is 10.1. The third-order valence-corrected chi connectivity index (χ3v) is 3.79. The molecule has 106 valence electrons. The van der Waals surface area contributed by atoms with Gasteiger partial charge in [0.05, 0.1) is 25.0 Å². The molecule has 0 saturated heterocycles. The van der Waals surface area contributed by atoms with Crippen LogP contribution in [0.15, 0.2) is 35.3 Å². The summed E-state index contributed by atoms with van der Waals surface area (Å²) in [6.07, 6.45) is 8.62. The van der Waals surface area contributed by atoms with Gasteiger partial charge < -0.3 is 20.0 Å². The Morgan fingerprint density at radius 3 is 3.10 bits per heavy atom. The molecule has 3 N–H and O–H groups in total. The van der Waals surface area contributed by atoms with Gasteiger partial charge in [-0.2, -0.15) is 0 Å². The molecule has 6 heteroatoms. The van der Waals surface area contributed by atoms with E-state index in [4.69, 9.17) is 10.2 Å². The van der Waals surface area contributed by atoms with Gasteiger partial charge in [0, 0.05) is 12.4 Å². The van der Waals surface area contributed by atoms with E-state index in [0.717, 1.165) is 19.3 Å². The first kappa shape index (κ1) is 12.9. The van der Waals surface area contributed by atoms with E-state index in [9.17, 15) is 4.79 Å². The first-order valence-corrected chi connectivity index (χ1v) is 6.85. The van der Waals surface area contributed by atoms with E-state index in [-0.39, 0.29) is 18.0 Å². The minimum atomic E-state index is -0.179. The predicted octanol–water partition coefficient (Wildman–Crippen LogP) is 1.46. The smallest absolute Gasteiger partial charge is 0.287 e. The number of furan rings is 1. The zero-order chi connectivity index (χ0) is 13.9. The van der Waals surface area contributed by atoms with Crippen LogP contribution < -0.4 is 11.1 Å². The molecule has 2 aromatic heterocycles. The van der Waals surface area contributed by atoms with E-state index < -0.39 is 0 Å². The van der Waals surface area contributed by atoms with Gasteiger partial charge in [-0.1, -0.05) is 0 Å². The molecule has 20 heavy (non-hydrogen) atoms. The molecule has 2 unspecified atom stereocenters. The van der Waals surface area contributed by atoms with Crippen LogP contribution in [0.4, 0.5) is 0 Å². The van der Waals surface area contributed by atoms with Crippen LogP contribution in [-0.4, -0.2) is 21.5 Å². The molecule has 1 fully saturated rings. The highest BCUT2D eigenvalue weighted by molar-refractivity contribution is 5.91. The lowest BCUT2D eigenvalue weighted by Gasteiger charge is -2.21. The summed E-state index contributed by atoms with van der Waals surface area (Å²) in [5, 5.41) is 3.05. The Bertz CT molecular complexity index is 576. The zero-order valence-corrected chi connectivity index (χ0v) is 11.2. The molecule has 0 radical (unpaired) electrons. The number of hydrogen-bond acceptors (Lipinski definition) is 4. The second kappa shape index (κ2) is 5.50. The Hall–Kier alpha value is -2.08. The van der Waals surface area contributed by atoms with Crippen molar-refractivity contribution in [3.05, 3.63) is 42.4 Å². The monoisotopic (exact) mass is 274 g/mol. The van der Waals surface area contributed by atoms with Gasteiger partial charge in [0.2, 0.25) is 0 Å². The summed E-state index contributed by atoms with van der Waals surface area (Å²) in [5.74, 6) is 0.760. The Labute approximate surface area is 117 Å². The number of aromatic nitrogens is 2. The van der Waals surface area contributed by atoms with Crippen LogP contribution >= 0.6 is 0 Å². The first-order valence-electron chi connectivity index (χ1n) is 6.85. The van der Waals surface area contributed by atoms with E-state index in [1.54, 1.807) is 24.7 Å². The fraction of sp³-hybridized carbons (Fsp3) is 0.429. The Morgan fingerprint density at radius 2 is 2.40 bits per heavy atom. The maximum Gasteiger partial charge on any atom is 0.287 e. The molecule has 0 aromatic carbocycles. The SMILES string of the molecule is NCc1ccc(C(=O)NC2CCCC2n2ccnc2)o1. The minimum absolute atomic E-state index is 0.114. The molecule has 1 aliphatic carbocycles. The van der Waals surface area contributed by atoms with Crippen LogP contribution in [0.25, 0.3) is 0 Å². The molecule has 0 bridgehead atoms. The van der Waals surface area contributed by atoms with Gasteiger partial charge in [-0.3, -0.25) is 4.79 Å². The molecular formula is C14H18N4O2. The topological polar surface area (TPSA) is 86.1 Å². The normalized spacial score (nSPS) is 22.1. The van der Waals surface area contributed by atoms with Gasteiger partial charge in [-0.25, -0.2) is 4.98 Å². The number of hydrogen-bond donors (Lipinski definition) is 2. The van der Waals surface area contributed by atoms with Gasteiger partial charge >= 0.3 is 0 Å². The van der Waals surface area contributed by atoms with Crippen molar-refractivity contribution >= 4 is 5.91 Å². The summed E-state index contributed by atoms with van der Waals surface area (Å²) in [7, 11) is 0. The highest BCUT2D eigenvalue weighted by atomic mass is 16.4. The summed E-state index contributed by atoms with van der Waals surface area (Å²) in [4.78, 5) is 16.2. The summed E-state index contributed by atoms with van der Waals surface area (Å²) in [6, 6.07) is 3.78. The quantitative estimate of drug-likeness (QED) is 0.883. The summed E-state index contributed by atoms with van der Waals surface area (Å²) in [6.45, 7) is 0.300. The summed E-state index contributed by atoms with van der Waals surface area (Å²) >= 11 is 0. The van der Waals surface area contributed by atoms with Crippen LogP contribution in [0.5, 0.6) is 0 Å². The third kappa shape index (κ3) is 2.46. The summed E-state index contributed by atoms with van der Waals surface area (Å²) in [5.41, 5.74) is 5.48. The molecule has 1 saturated carbocycles. The predicted molar refractivity (Wildman–Crippen MR) is 73.0 cm³/mol. The van der Waals surface area contributed by atoms with Crippen LogP contribution in [0.2, 0.25) is 0 Å². The van der Waals surface area contributed by atoms with Crippen LogP contribution in [-0.2, 0) is 6.54 Å². The van der Waals surface area contributed by atoms with Gasteiger partial charge in [0.25, 0.3) is 5.91 Å². The molecule has 2 aromatic rings. The molecule has 2 heterocycles. The molecule has 2 atom stereocenters. The van der Waals surface area contributed by atoms with E-state index in [2.05, 4.69) is 14.9 Å². The molecule has 6 nitrogen and oxygen atoms in total. The lowest BCUT2D eigenvalue weighted by Crippen LogP contribution is -2.37. The number of carbonyl (C=O) groups is 1. The fourth-order valence-electron chi connectivity index (χ4n) is 2.78. The maximum absolute atomic E-state index is 12.2. The van der Waals surface area contributed by atoms with E-state index in [0.29, 0.717) is 18.1 Å². The highest BCUT2D eigenvalue weighted by Crippen LogP contribution is 2.30. The molecule has 1 aliphatic rings. The minimum Gasteiger partial charge on any atom is -0.455 e. The van der Waals surface area contributed by atoms with Crippen LogP contribution in [0.1, 0.15) is 41.6 Å². The van der Waals surface area contributed by atoms with E-state index >= 15 is 0 Å². The molecule has 3 rings (SSSR count). The van der Waals surface area contributed by atoms with Gasteiger partial charge in [-0.05, 0) is 31.4 Å². The molecule has 0 aliphatic heterocycles. The van der Waals surface area contributed by atoms with Crippen molar-refractivity contribution in [2.24, 2.45) is 5.73 Å². The van der Waals surface area contributed by atoms with Gasteiger partial charge in [0.15, 0.2) is 5.76 Å². The van der Waals surface area contributed by atoms with Crippen molar-refractivity contribution in [1.82, 2.24) is 14.9 Å². The Morgan fingerprint density at radius 1 is 1.50 bits per heavy atom. The van der Waals surface area contributed by atoms with Crippen molar-refractivity contribution < 1.29 is 9.21 Å². The highest BCUT2D eigenvalue weighted by Gasteiger charge is 2.30. The number of carbonyl (C=O) groups excluding carboxylic acids is 1. The van der Waals surface area contributed by atoms with Crippen molar-refractivity contribution in [2.45, 2.75) is 37.9 Å². The van der Waals surface area contributed by atoms with Crippen LogP contribution in [0.3, 0.4) is 0 Å². The lowest BCUT2D eigenvalue weighted by molar-refractivity contribution is 0.0899. The average molecular weight is 274 g/mol. The van der Waals surface area contributed by atoms with Crippen molar-refractivity contribution in [1.29, 1.82) is 0 Å². The van der Waals surface area contributed by atoms with Crippen molar-refractivity contribution in [3.63, 3.8) is 0 Å². The molecular weight excluding hydrogens is 256 g/mol. The molecule has 1 amide bonds. The van der Waals surface area contributed by atoms with Gasteiger partial charge in [-0.15, -0.1) is 0 Å². The van der Waals surface area contributed by atoms with Crippen LogP contribution in [0, 0.1) is 0 Å². The number of nitrogens with zero attached hydrogens (tertiary/aromatic N) is 2. The van der Waals surface area contributed by atoms with E-state index in [1.807, 2.05) is 6.20 Å². The van der Waals surface area contributed by atoms with E-state index in [1.165, 1.54) is 0 Å². The number of rotatable bonds is 4. The maximum atomic E-state index is 12.2. The average Bonchev–Trinajstić information content (AvgIpc) is 3.19. The fourth-order valence-corrected chi connectivity index (χ4v) is 2.78. The zero-order valence-electron chi connectivity index (χ0n) is 11.2. The Balaban J connectivity index is 1.69. The standard InChI is InChI=1S/C14H18N4O2/c15-8-10-4-5-13(20-10)14(19)17-11-2-1-3-12(11)18-7-6-16-9-18/h4-7,9,11-12H,1-3,8,15H2,(H,17,19). The van der Waals surface area contributed by atoms with Gasteiger partial charge in [0.1, 0.15) is 5.76 Å². The second-order valence-electron chi connectivity index (χ2n) is 5.06. The number of amides is 1. The largest absolute Gasteiger partial charge is 0.455 e. The Kier molecular flexibility index (Phi) is 3.56.